The van der Waals surface area contributed by atoms with Gasteiger partial charge < -0.3 is 9.47 Å². The molecule has 0 spiro atoms. The summed E-state index contributed by atoms with van der Waals surface area (Å²) in [6, 6.07) is 61.5. The Kier molecular flexibility index (Phi) is 5.54. The zero-order valence-electron chi connectivity index (χ0n) is 24.1. The van der Waals surface area contributed by atoms with Crippen molar-refractivity contribution >= 4 is 71.2 Å². The van der Waals surface area contributed by atoms with Crippen LogP contribution in [0.15, 0.2) is 170 Å². The number of nitrogens with zero attached hydrogens (tertiary/aromatic N) is 2. The molecule has 0 bridgehead atoms. The molecule has 2 nitrogen and oxygen atoms in total. The molecule has 0 aliphatic heterocycles. The Morgan fingerprint density at radius 3 is 1.80 bits per heavy atom. The quantitative estimate of drug-likeness (QED) is 0.194. The first kappa shape index (κ1) is 24.7. The second-order valence-electron chi connectivity index (χ2n) is 11.4. The van der Waals surface area contributed by atoms with Crippen LogP contribution >= 0.6 is 0 Å². The third-order valence-electron chi connectivity index (χ3n) is 8.91. The van der Waals surface area contributed by atoms with Gasteiger partial charge in [0, 0.05) is 27.5 Å². The van der Waals surface area contributed by atoms with Crippen molar-refractivity contribution in [1.29, 1.82) is 0 Å². The molecule has 0 aliphatic carbocycles. The van der Waals surface area contributed by atoms with Gasteiger partial charge >= 0.3 is 0 Å². The highest BCUT2D eigenvalue weighted by atomic mass is 15.1. The summed E-state index contributed by atoms with van der Waals surface area (Å²) in [7, 11) is 0. The predicted molar refractivity (Wildman–Crippen MR) is 188 cm³/mol. The van der Waals surface area contributed by atoms with Gasteiger partial charge in [0.1, 0.15) is 0 Å². The van der Waals surface area contributed by atoms with Crippen molar-refractivity contribution in [2.24, 2.45) is 0 Å². The molecular weight excluding hydrogens is 532 g/mol. The number of hydrogen-bond acceptors (Lipinski definition) is 1. The van der Waals surface area contributed by atoms with E-state index in [4.69, 9.17) is 0 Å². The molecule has 0 N–H and O–H groups in total. The first-order valence-electron chi connectivity index (χ1n) is 15.1. The highest BCUT2D eigenvalue weighted by molar-refractivity contribution is 6.24. The zero-order valence-corrected chi connectivity index (χ0v) is 24.1. The highest BCUT2D eigenvalue weighted by Gasteiger charge is 2.23. The average molecular weight is 561 g/mol. The molecule has 1 heterocycles. The third kappa shape index (κ3) is 3.68. The molecular formula is C42H28N2. The lowest BCUT2D eigenvalue weighted by atomic mass is 9.94. The third-order valence-corrected chi connectivity index (χ3v) is 8.91. The summed E-state index contributed by atoms with van der Waals surface area (Å²) < 4.78 is 2.39. The second-order valence-corrected chi connectivity index (χ2v) is 11.4. The first-order valence-corrected chi connectivity index (χ1v) is 15.1. The number of para-hydroxylation sites is 3. The maximum absolute atomic E-state index is 2.46. The van der Waals surface area contributed by atoms with Crippen LogP contribution in [0.3, 0.4) is 0 Å². The number of hydrogen-bond donors (Lipinski definition) is 0. The van der Waals surface area contributed by atoms with Crippen molar-refractivity contribution in [2.75, 3.05) is 4.90 Å². The summed E-state index contributed by atoms with van der Waals surface area (Å²) in [4.78, 5) is 2.46. The summed E-state index contributed by atoms with van der Waals surface area (Å²) in [6.45, 7) is 0. The normalized spacial score (nSPS) is 11.6. The van der Waals surface area contributed by atoms with Crippen LogP contribution in [0.25, 0.3) is 59.8 Å². The maximum atomic E-state index is 2.46. The van der Waals surface area contributed by atoms with Gasteiger partial charge in [0.25, 0.3) is 0 Å². The topological polar surface area (TPSA) is 8.17 Å². The summed E-state index contributed by atoms with van der Waals surface area (Å²) in [5.74, 6) is 0. The van der Waals surface area contributed by atoms with Gasteiger partial charge in [-0.25, -0.2) is 0 Å². The van der Waals surface area contributed by atoms with Gasteiger partial charge in [0.2, 0.25) is 0 Å². The van der Waals surface area contributed by atoms with E-state index >= 15 is 0 Å². The number of aromatic nitrogens is 1. The van der Waals surface area contributed by atoms with Crippen LogP contribution in [0.2, 0.25) is 0 Å². The Morgan fingerprint density at radius 2 is 0.977 bits per heavy atom. The van der Waals surface area contributed by atoms with E-state index < -0.39 is 0 Å². The van der Waals surface area contributed by atoms with Crippen molar-refractivity contribution < 1.29 is 0 Å². The molecule has 0 atom stereocenters. The van der Waals surface area contributed by atoms with E-state index in [2.05, 4.69) is 179 Å². The molecule has 0 aliphatic rings. The SMILES string of the molecule is c1ccc(N(c2cc3ccc4ccccc4c3c3ccccc23)c2cccc3c2c2ccccc2n3-c2ccccc2)cc1. The number of benzene rings is 8. The molecule has 0 radical (unpaired) electrons. The summed E-state index contributed by atoms with van der Waals surface area (Å²) in [5.41, 5.74) is 6.99. The largest absolute Gasteiger partial charge is 0.309 e. The van der Waals surface area contributed by atoms with Gasteiger partial charge in [-0.2, -0.15) is 0 Å². The van der Waals surface area contributed by atoms with E-state index in [1.165, 1.54) is 59.8 Å². The van der Waals surface area contributed by atoms with Gasteiger partial charge in [-0.1, -0.05) is 121 Å². The average Bonchev–Trinajstić information content (AvgIpc) is 3.44. The fourth-order valence-electron chi connectivity index (χ4n) is 7.07. The summed E-state index contributed by atoms with van der Waals surface area (Å²) in [6.07, 6.45) is 0. The molecule has 0 saturated carbocycles. The Labute approximate surface area is 255 Å². The minimum atomic E-state index is 1.13. The van der Waals surface area contributed by atoms with Crippen LogP contribution in [-0.2, 0) is 0 Å². The molecule has 206 valence electrons. The molecule has 8 aromatic carbocycles. The van der Waals surface area contributed by atoms with Gasteiger partial charge in [0.05, 0.1) is 22.4 Å². The van der Waals surface area contributed by atoms with E-state index in [0.29, 0.717) is 0 Å². The minimum absolute atomic E-state index is 1.13. The first-order chi connectivity index (χ1) is 21.9. The van der Waals surface area contributed by atoms with Gasteiger partial charge in [-0.05, 0) is 75.5 Å². The number of anilines is 3. The molecule has 44 heavy (non-hydrogen) atoms. The molecule has 9 rings (SSSR count). The molecule has 9 aromatic rings. The molecule has 0 amide bonds. The van der Waals surface area contributed by atoms with E-state index in [0.717, 1.165) is 17.1 Å². The van der Waals surface area contributed by atoms with Crippen molar-refractivity contribution in [3.8, 4) is 5.69 Å². The van der Waals surface area contributed by atoms with Crippen molar-refractivity contribution in [2.45, 2.75) is 0 Å². The van der Waals surface area contributed by atoms with E-state index in [9.17, 15) is 0 Å². The lowest BCUT2D eigenvalue weighted by molar-refractivity contribution is 1.18. The van der Waals surface area contributed by atoms with Crippen LogP contribution in [0.4, 0.5) is 17.1 Å². The van der Waals surface area contributed by atoms with E-state index in [1.807, 2.05) is 0 Å². The molecule has 1 aromatic heterocycles. The van der Waals surface area contributed by atoms with Gasteiger partial charge in [-0.15, -0.1) is 0 Å². The lowest BCUT2D eigenvalue weighted by Gasteiger charge is -2.28. The number of fused-ring (bicyclic) bond motifs is 8. The summed E-state index contributed by atoms with van der Waals surface area (Å²) in [5, 5.41) is 10.0. The Hall–Kier alpha value is -5.86. The molecule has 0 unspecified atom stereocenters. The lowest BCUT2D eigenvalue weighted by Crippen LogP contribution is -2.11. The number of rotatable bonds is 4. The smallest absolute Gasteiger partial charge is 0.0562 e. The zero-order chi connectivity index (χ0) is 29.0. The molecule has 2 heteroatoms. The fraction of sp³-hybridized carbons (Fsp3) is 0. The maximum Gasteiger partial charge on any atom is 0.0562 e. The van der Waals surface area contributed by atoms with E-state index in [1.54, 1.807) is 0 Å². The predicted octanol–water partition coefficient (Wildman–Crippen LogP) is 11.7. The van der Waals surface area contributed by atoms with E-state index in [-0.39, 0.29) is 0 Å². The fourth-order valence-corrected chi connectivity index (χ4v) is 7.07. The van der Waals surface area contributed by atoms with Crippen LogP contribution in [-0.4, -0.2) is 4.57 Å². The minimum Gasteiger partial charge on any atom is -0.309 e. The van der Waals surface area contributed by atoms with Gasteiger partial charge in [-0.3, -0.25) is 0 Å². The highest BCUT2D eigenvalue weighted by Crippen LogP contribution is 2.47. The van der Waals surface area contributed by atoms with Crippen molar-refractivity contribution in [3.05, 3.63) is 170 Å². The van der Waals surface area contributed by atoms with Crippen LogP contribution in [0.1, 0.15) is 0 Å². The Bertz CT molecular complexity index is 2490. The van der Waals surface area contributed by atoms with Crippen LogP contribution < -0.4 is 4.90 Å². The van der Waals surface area contributed by atoms with Crippen LogP contribution in [0, 0.1) is 0 Å². The Morgan fingerprint density at radius 1 is 0.364 bits per heavy atom. The standard InChI is InChI=1S/C42H28N2/c1-3-15-31(16-4-1)43-37-23-12-11-22-36(37)42-38(43)24-13-25-39(42)44(32-17-5-2-6-18-32)40-28-30-27-26-29-14-7-8-19-33(29)41(30)35-21-10-9-20-34(35)40/h1-28H. The Balaban J connectivity index is 1.42. The molecule has 0 saturated heterocycles. The summed E-state index contributed by atoms with van der Waals surface area (Å²) >= 11 is 0. The van der Waals surface area contributed by atoms with Crippen molar-refractivity contribution in [1.82, 2.24) is 4.57 Å². The van der Waals surface area contributed by atoms with Gasteiger partial charge in [0.15, 0.2) is 0 Å². The second kappa shape index (κ2) is 9.86. The monoisotopic (exact) mass is 560 g/mol. The van der Waals surface area contributed by atoms with Crippen LogP contribution in [0.5, 0.6) is 0 Å². The molecule has 0 fully saturated rings. The van der Waals surface area contributed by atoms with Crippen molar-refractivity contribution in [3.63, 3.8) is 0 Å².